The monoisotopic (exact) mass is 330 g/mol. The van der Waals surface area contributed by atoms with Crippen LogP contribution in [0.4, 0.5) is 11.4 Å². The summed E-state index contributed by atoms with van der Waals surface area (Å²) in [6.45, 7) is 2.59. The normalized spacial score (nSPS) is 9.96. The van der Waals surface area contributed by atoms with E-state index >= 15 is 0 Å². The van der Waals surface area contributed by atoms with E-state index in [1.54, 1.807) is 32.4 Å². The maximum atomic E-state index is 12.2. The Morgan fingerprint density at radius 3 is 2.50 bits per heavy atom. The molecule has 0 unspecified atom stereocenters. The molecule has 0 saturated carbocycles. The number of methoxy groups -OCH3 is 2. The number of anilines is 2. The van der Waals surface area contributed by atoms with Gasteiger partial charge in [-0.15, -0.1) is 0 Å². The smallest absolute Gasteiger partial charge is 0.243 e. The molecule has 0 aromatic heterocycles. The molecule has 24 heavy (non-hydrogen) atoms. The minimum absolute atomic E-state index is 0.110. The second-order valence-corrected chi connectivity index (χ2v) is 4.90. The molecule has 0 saturated heterocycles. The number of carbonyl (C=O) groups excluding carboxylic acids is 1. The molecule has 6 heteroatoms. The molecule has 2 aromatic carbocycles. The maximum absolute atomic E-state index is 12.2. The number of benzene rings is 2. The highest BCUT2D eigenvalue weighted by Gasteiger charge is 2.10. The number of rotatable bonds is 8. The number of nitrogens with one attached hydrogen (secondary N) is 2. The number of amides is 1. The SMILES string of the molecule is CCOc1ccccc1NCC(=O)Nc1ccc(OC)cc1OC. The number of hydrogen-bond acceptors (Lipinski definition) is 5. The van der Waals surface area contributed by atoms with Gasteiger partial charge in [0.25, 0.3) is 0 Å². The highest BCUT2D eigenvalue weighted by molar-refractivity contribution is 5.95. The lowest BCUT2D eigenvalue weighted by Gasteiger charge is -2.14. The minimum Gasteiger partial charge on any atom is -0.497 e. The Labute approximate surface area is 141 Å². The average molecular weight is 330 g/mol. The third-order valence-electron chi connectivity index (χ3n) is 3.31. The van der Waals surface area contributed by atoms with Gasteiger partial charge in [0.15, 0.2) is 0 Å². The van der Waals surface area contributed by atoms with Crippen molar-refractivity contribution in [1.29, 1.82) is 0 Å². The Balaban J connectivity index is 1.99. The van der Waals surface area contributed by atoms with Crippen LogP contribution in [0.25, 0.3) is 0 Å². The topological polar surface area (TPSA) is 68.8 Å². The second-order valence-electron chi connectivity index (χ2n) is 4.90. The highest BCUT2D eigenvalue weighted by atomic mass is 16.5. The summed E-state index contributed by atoms with van der Waals surface area (Å²) in [7, 11) is 3.12. The molecule has 0 aliphatic heterocycles. The van der Waals surface area contributed by atoms with Gasteiger partial charge in [0.2, 0.25) is 5.91 Å². The van der Waals surface area contributed by atoms with Crippen LogP contribution in [-0.4, -0.2) is 33.3 Å². The van der Waals surface area contributed by atoms with Gasteiger partial charge in [0, 0.05) is 6.07 Å². The molecule has 0 bridgehead atoms. The van der Waals surface area contributed by atoms with E-state index in [0.717, 1.165) is 11.4 Å². The minimum atomic E-state index is -0.190. The molecule has 128 valence electrons. The van der Waals surface area contributed by atoms with Crippen LogP contribution in [0, 0.1) is 0 Å². The lowest BCUT2D eigenvalue weighted by molar-refractivity contribution is -0.114. The van der Waals surface area contributed by atoms with E-state index in [-0.39, 0.29) is 12.5 Å². The standard InChI is InChI=1S/C18H22N2O4/c1-4-24-16-8-6-5-7-14(16)19-12-18(21)20-15-10-9-13(22-2)11-17(15)23-3/h5-11,19H,4,12H2,1-3H3,(H,20,21). The summed E-state index contributed by atoms with van der Waals surface area (Å²) >= 11 is 0. The van der Waals surface area contributed by atoms with Gasteiger partial charge < -0.3 is 24.8 Å². The number of hydrogen-bond donors (Lipinski definition) is 2. The fourth-order valence-corrected chi connectivity index (χ4v) is 2.17. The lowest BCUT2D eigenvalue weighted by Crippen LogP contribution is -2.22. The summed E-state index contributed by atoms with van der Waals surface area (Å²) in [5, 5.41) is 5.89. The highest BCUT2D eigenvalue weighted by Crippen LogP contribution is 2.29. The van der Waals surface area contributed by atoms with E-state index < -0.39 is 0 Å². The van der Waals surface area contributed by atoms with Crippen molar-refractivity contribution in [2.24, 2.45) is 0 Å². The van der Waals surface area contributed by atoms with Crippen molar-refractivity contribution < 1.29 is 19.0 Å². The molecule has 0 spiro atoms. The number of carbonyl (C=O) groups is 1. The maximum Gasteiger partial charge on any atom is 0.243 e. The lowest BCUT2D eigenvalue weighted by atomic mass is 10.2. The molecule has 0 aliphatic rings. The van der Waals surface area contributed by atoms with Crippen LogP contribution in [0.5, 0.6) is 17.2 Å². The van der Waals surface area contributed by atoms with E-state index in [0.29, 0.717) is 23.8 Å². The summed E-state index contributed by atoms with van der Waals surface area (Å²) in [6, 6.07) is 12.7. The van der Waals surface area contributed by atoms with Crippen LogP contribution < -0.4 is 24.8 Å². The van der Waals surface area contributed by atoms with Crippen LogP contribution >= 0.6 is 0 Å². The van der Waals surface area contributed by atoms with Gasteiger partial charge in [-0.25, -0.2) is 0 Å². The molecule has 0 aliphatic carbocycles. The molecule has 2 rings (SSSR count). The van der Waals surface area contributed by atoms with E-state index in [1.807, 2.05) is 31.2 Å². The largest absolute Gasteiger partial charge is 0.497 e. The van der Waals surface area contributed by atoms with Gasteiger partial charge in [-0.3, -0.25) is 4.79 Å². The average Bonchev–Trinajstić information content (AvgIpc) is 2.61. The van der Waals surface area contributed by atoms with Gasteiger partial charge in [0.1, 0.15) is 17.2 Å². The third kappa shape index (κ3) is 4.55. The summed E-state index contributed by atoms with van der Waals surface area (Å²) in [6.07, 6.45) is 0. The van der Waals surface area contributed by atoms with Crippen molar-refractivity contribution in [2.75, 3.05) is 38.0 Å². The third-order valence-corrected chi connectivity index (χ3v) is 3.31. The first-order valence-corrected chi connectivity index (χ1v) is 7.65. The van der Waals surface area contributed by atoms with Gasteiger partial charge in [-0.05, 0) is 31.2 Å². The number of ether oxygens (including phenoxy) is 3. The molecule has 0 atom stereocenters. The van der Waals surface area contributed by atoms with Gasteiger partial charge >= 0.3 is 0 Å². The zero-order valence-corrected chi connectivity index (χ0v) is 14.1. The van der Waals surface area contributed by atoms with Crippen LogP contribution in [-0.2, 0) is 4.79 Å². The second kappa shape index (κ2) is 8.67. The zero-order chi connectivity index (χ0) is 17.4. The Bertz CT molecular complexity index is 688. The molecule has 0 fully saturated rings. The van der Waals surface area contributed by atoms with E-state index in [9.17, 15) is 4.79 Å². The molecular formula is C18H22N2O4. The quantitative estimate of drug-likeness (QED) is 0.778. The van der Waals surface area contributed by atoms with Crippen molar-refractivity contribution in [2.45, 2.75) is 6.92 Å². The molecule has 6 nitrogen and oxygen atoms in total. The van der Waals surface area contributed by atoms with Crippen molar-refractivity contribution in [1.82, 2.24) is 0 Å². The summed E-state index contributed by atoms with van der Waals surface area (Å²) in [5.74, 6) is 1.73. The fraction of sp³-hybridized carbons (Fsp3) is 0.278. The summed E-state index contributed by atoms with van der Waals surface area (Å²) in [5.41, 5.74) is 1.36. The van der Waals surface area contributed by atoms with Gasteiger partial charge in [-0.2, -0.15) is 0 Å². The number of para-hydroxylation sites is 2. The Hall–Kier alpha value is -2.89. The van der Waals surface area contributed by atoms with Gasteiger partial charge in [-0.1, -0.05) is 12.1 Å². The Morgan fingerprint density at radius 1 is 1.00 bits per heavy atom. The fourth-order valence-electron chi connectivity index (χ4n) is 2.17. The van der Waals surface area contributed by atoms with Crippen LogP contribution in [0.2, 0.25) is 0 Å². The van der Waals surface area contributed by atoms with E-state index in [2.05, 4.69) is 10.6 Å². The molecular weight excluding hydrogens is 308 g/mol. The van der Waals surface area contributed by atoms with Crippen molar-refractivity contribution in [3.8, 4) is 17.2 Å². The molecule has 2 aromatic rings. The zero-order valence-electron chi connectivity index (χ0n) is 14.1. The molecule has 2 N–H and O–H groups in total. The first-order chi connectivity index (χ1) is 11.7. The Kier molecular flexibility index (Phi) is 6.31. The van der Waals surface area contributed by atoms with E-state index in [4.69, 9.17) is 14.2 Å². The van der Waals surface area contributed by atoms with Crippen molar-refractivity contribution in [3.05, 3.63) is 42.5 Å². The molecule has 0 heterocycles. The van der Waals surface area contributed by atoms with Crippen LogP contribution in [0.1, 0.15) is 6.92 Å². The van der Waals surface area contributed by atoms with Gasteiger partial charge in [0.05, 0.1) is 38.7 Å². The summed E-state index contributed by atoms with van der Waals surface area (Å²) < 4.78 is 15.9. The molecule has 1 amide bonds. The van der Waals surface area contributed by atoms with Crippen LogP contribution in [0.15, 0.2) is 42.5 Å². The predicted molar refractivity (Wildman–Crippen MR) is 94.3 cm³/mol. The molecule has 0 radical (unpaired) electrons. The van der Waals surface area contributed by atoms with Crippen molar-refractivity contribution in [3.63, 3.8) is 0 Å². The Morgan fingerprint density at radius 2 is 1.79 bits per heavy atom. The van der Waals surface area contributed by atoms with Crippen LogP contribution in [0.3, 0.4) is 0 Å². The van der Waals surface area contributed by atoms with Crippen molar-refractivity contribution >= 4 is 17.3 Å². The first kappa shape index (κ1) is 17.5. The first-order valence-electron chi connectivity index (χ1n) is 7.65. The predicted octanol–water partition coefficient (Wildman–Crippen LogP) is 3.15. The van der Waals surface area contributed by atoms with E-state index in [1.165, 1.54) is 0 Å². The summed E-state index contributed by atoms with van der Waals surface area (Å²) in [4.78, 5) is 12.2.